The van der Waals surface area contributed by atoms with Crippen molar-refractivity contribution in [2.24, 2.45) is 11.5 Å². The molecule has 2 aromatic rings. The van der Waals surface area contributed by atoms with Crippen molar-refractivity contribution in [3.8, 4) is 0 Å². The van der Waals surface area contributed by atoms with Crippen LogP contribution in [0.1, 0.15) is 18.4 Å². The van der Waals surface area contributed by atoms with E-state index in [1.807, 2.05) is 24.3 Å². The van der Waals surface area contributed by atoms with Crippen LogP contribution in [0.5, 0.6) is 0 Å². The normalized spacial score (nSPS) is 13.9. The third-order valence-corrected chi connectivity index (χ3v) is 4.56. The molecule has 0 radical (unpaired) electrons. The molecule has 1 aromatic carbocycles. The third kappa shape index (κ3) is 6.03. The highest BCUT2D eigenvalue weighted by Crippen LogP contribution is 2.18. The number of nitrogens with one attached hydrogen (secondary N) is 3. The van der Waals surface area contributed by atoms with E-state index in [2.05, 4.69) is 15.6 Å². The van der Waals surface area contributed by atoms with Gasteiger partial charge in [0.25, 0.3) is 0 Å². The highest BCUT2D eigenvalue weighted by atomic mass is 16.4. The Labute approximate surface area is 171 Å². The second-order valence-electron chi connectivity index (χ2n) is 6.82. The number of aliphatic hydroxyl groups excluding tert-OH is 1. The van der Waals surface area contributed by atoms with Crippen LogP contribution in [-0.2, 0) is 25.6 Å². The maximum atomic E-state index is 12.4. The number of aliphatic carboxylic acids is 1. The van der Waals surface area contributed by atoms with Gasteiger partial charge in [-0.3, -0.25) is 14.4 Å². The van der Waals surface area contributed by atoms with Crippen LogP contribution in [0, 0.1) is 0 Å². The minimum Gasteiger partial charge on any atom is -0.480 e. The Morgan fingerprint density at radius 1 is 1.07 bits per heavy atom. The molecule has 0 spiro atoms. The average molecular weight is 419 g/mol. The molecule has 0 fully saturated rings. The molecule has 3 atom stereocenters. The fourth-order valence-electron chi connectivity index (χ4n) is 2.92. The van der Waals surface area contributed by atoms with E-state index in [9.17, 15) is 24.3 Å². The van der Waals surface area contributed by atoms with Crippen LogP contribution < -0.4 is 22.1 Å². The highest BCUT2D eigenvalue weighted by Gasteiger charge is 2.28. The van der Waals surface area contributed by atoms with Gasteiger partial charge in [-0.1, -0.05) is 18.2 Å². The number of hydrogen-bond acceptors (Lipinski definition) is 6. The van der Waals surface area contributed by atoms with Gasteiger partial charge in [-0.2, -0.15) is 0 Å². The summed E-state index contributed by atoms with van der Waals surface area (Å²) >= 11 is 0. The number of hydrogen-bond donors (Lipinski definition) is 7. The molecule has 3 amide bonds. The number of amides is 3. The quantitative estimate of drug-likeness (QED) is 0.226. The fraction of sp³-hybridized carbons (Fsp3) is 0.368. The monoisotopic (exact) mass is 419 g/mol. The number of fused-ring (bicyclic) bond motifs is 1. The number of carboxylic acids is 1. The van der Waals surface area contributed by atoms with Crippen molar-refractivity contribution >= 4 is 34.6 Å². The van der Waals surface area contributed by atoms with Crippen LogP contribution in [0.15, 0.2) is 30.5 Å². The summed E-state index contributed by atoms with van der Waals surface area (Å²) in [6.07, 6.45) is 1.46. The summed E-state index contributed by atoms with van der Waals surface area (Å²) in [5.41, 5.74) is 12.6. The van der Waals surface area contributed by atoms with Crippen molar-refractivity contribution in [3.05, 3.63) is 36.0 Å². The van der Waals surface area contributed by atoms with Gasteiger partial charge >= 0.3 is 5.97 Å². The summed E-state index contributed by atoms with van der Waals surface area (Å²) in [4.78, 5) is 49.8. The van der Waals surface area contributed by atoms with Crippen molar-refractivity contribution in [1.82, 2.24) is 15.6 Å². The minimum atomic E-state index is -1.40. The molecule has 9 N–H and O–H groups in total. The molecule has 2 rings (SSSR count). The number of aliphatic hydroxyl groups is 1. The highest BCUT2D eigenvalue weighted by molar-refractivity contribution is 5.92. The number of H-pyrrole nitrogens is 1. The van der Waals surface area contributed by atoms with E-state index in [4.69, 9.17) is 16.6 Å². The number of primary amides is 1. The van der Waals surface area contributed by atoms with Gasteiger partial charge in [0, 0.05) is 23.5 Å². The summed E-state index contributed by atoms with van der Waals surface area (Å²) in [5, 5.41) is 24.0. The lowest BCUT2D eigenvalue weighted by molar-refractivity contribution is -0.142. The second-order valence-corrected chi connectivity index (χ2v) is 6.82. The Kier molecular flexibility index (Phi) is 7.90. The summed E-state index contributed by atoms with van der Waals surface area (Å²) in [6.45, 7) is -0.764. The summed E-state index contributed by atoms with van der Waals surface area (Å²) < 4.78 is 0. The number of benzene rings is 1. The largest absolute Gasteiger partial charge is 0.480 e. The van der Waals surface area contributed by atoms with Gasteiger partial charge in [0.15, 0.2) is 0 Å². The second kappa shape index (κ2) is 10.4. The standard InChI is InChI=1S/C19H25N5O6/c20-12(7-10-8-22-13-4-2-1-3-11(10)13)17(27)24-15(9-25)18(28)23-14(19(29)30)5-6-16(21)26/h1-4,8,12,14-15,22,25H,5-7,9,20H2,(H2,21,26)(H,23,28)(H,24,27)(H,29,30). The molecule has 0 bridgehead atoms. The Morgan fingerprint density at radius 3 is 2.37 bits per heavy atom. The van der Waals surface area contributed by atoms with Crippen molar-refractivity contribution in [2.75, 3.05) is 6.61 Å². The van der Waals surface area contributed by atoms with E-state index in [0.717, 1.165) is 16.5 Å². The maximum Gasteiger partial charge on any atom is 0.326 e. The molecule has 1 aromatic heterocycles. The van der Waals surface area contributed by atoms with Crippen LogP contribution in [0.25, 0.3) is 10.9 Å². The topological polar surface area (TPSA) is 201 Å². The number of para-hydroxylation sites is 1. The number of carbonyl (C=O) groups is 4. The minimum absolute atomic E-state index is 0.186. The van der Waals surface area contributed by atoms with E-state index in [-0.39, 0.29) is 19.3 Å². The first kappa shape index (κ1) is 22.8. The summed E-state index contributed by atoms with van der Waals surface area (Å²) in [5.74, 6) is -3.69. The Bertz CT molecular complexity index is 927. The zero-order valence-corrected chi connectivity index (χ0v) is 16.1. The van der Waals surface area contributed by atoms with Gasteiger partial charge in [0.05, 0.1) is 12.6 Å². The van der Waals surface area contributed by atoms with E-state index in [1.165, 1.54) is 0 Å². The van der Waals surface area contributed by atoms with Gasteiger partial charge in [0.1, 0.15) is 12.1 Å². The molecule has 0 aliphatic heterocycles. The Hall–Kier alpha value is -3.44. The van der Waals surface area contributed by atoms with Gasteiger partial charge in [-0.25, -0.2) is 4.79 Å². The van der Waals surface area contributed by atoms with E-state index >= 15 is 0 Å². The lowest BCUT2D eigenvalue weighted by atomic mass is 10.0. The molecule has 30 heavy (non-hydrogen) atoms. The molecule has 0 aliphatic carbocycles. The predicted molar refractivity (Wildman–Crippen MR) is 107 cm³/mol. The predicted octanol–water partition coefficient (Wildman–Crippen LogP) is -1.65. The summed E-state index contributed by atoms with van der Waals surface area (Å²) in [6, 6.07) is 3.69. The van der Waals surface area contributed by atoms with Crippen molar-refractivity contribution in [1.29, 1.82) is 0 Å². The molecular formula is C19H25N5O6. The number of nitrogens with two attached hydrogens (primary N) is 2. The Balaban J connectivity index is 1.97. The van der Waals surface area contributed by atoms with Gasteiger partial charge in [-0.15, -0.1) is 0 Å². The molecule has 0 saturated heterocycles. The molecule has 11 nitrogen and oxygen atoms in total. The Morgan fingerprint density at radius 2 is 1.73 bits per heavy atom. The SMILES string of the molecule is NC(=O)CCC(NC(=O)C(CO)NC(=O)C(N)Cc1c[nH]c2ccccc12)C(=O)O. The number of carbonyl (C=O) groups excluding carboxylic acids is 3. The first-order valence-corrected chi connectivity index (χ1v) is 9.26. The van der Waals surface area contributed by atoms with E-state index in [0.29, 0.717) is 0 Å². The number of rotatable bonds is 11. The van der Waals surface area contributed by atoms with Crippen LogP contribution in [0.4, 0.5) is 0 Å². The number of aromatic amines is 1. The number of carboxylic acid groups (broad SMARTS) is 1. The molecule has 162 valence electrons. The lowest BCUT2D eigenvalue weighted by Gasteiger charge is -2.21. The van der Waals surface area contributed by atoms with Gasteiger partial charge < -0.3 is 37.3 Å². The van der Waals surface area contributed by atoms with Crippen LogP contribution in [0.3, 0.4) is 0 Å². The first-order valence-electron chi connectivity index (χ1n) is 9.26. The van der Waals surface area contributed by atoms with E-state index in [1.54, 1.807) is 6.20 Å². The van der Waals surface area contributed by atoms with Crippen molar-refractivity contribution in [3.63, 3.8) is 0 Å². The van der Waals surface area contributed by atoms with Crippen molar-refractivity contribution in [2.45, 2.75) is 37.4 Å². The smallest absolute Gasteiger partial charge is 0.326 e. The first-order chi connectivity index (χ1) is 14.2. The van der Waals surface area contributed by atoms with Crippen molar-refractivity contribution < 1.29 is 29.4 Å². The zero-order chi connectivity index (χ0) is 22.3. The molecule has 1 heterocycles. The molecule has 11 heteroatoms. The average Bonchev–Trinajstić information content (AvgIpc) is 3.11. The molecule has 0 aliphatic rings. The number of aromatic nitrogens is 1. The lowest BCUT2D eigenvalue weighted by Crippen LogP contribution is -2.56. The molecular weight excluding hydrogens is 394 g/mol. The van der Waals surface area contributed by atoms with Crippen LogP contribution in [0.2, 0.25) is 0 Å². The maximum absolute atomic E-state index is 12.4. The summed E-state index contributed by atoms with van der Waals surface area (Å²) in [7, 11) is 0. The molecule has 3 unspecified atom stereocenters. The van der Waals surface area contributed by atoms with Gasteiger partial charge in [-0.05, 0) is 24.5 Å². The van der Waals surface area contributed by atoms with Gasteiger partial charge in [0.2, 0.25) is 17.7 Å². The van der Waals surface area contributed by atoms with Crippen LogP contribution >= 0.6 is 0 Å². The van der Waals surface area contributed by atoms with Crippen LogP contribution in [-0.4, -0.2) is 63.6 Å². The fourth-order valence-corrected chi connectivity index (χ4v) is 2.92. The van der Waals surface area contributed by atoms with E-state index < -0.39 is 48.4 Å². The third-order valence-electron chi connectivity index (χ3n) is 4.56. The zero-order valence-electron chi connectivity index (χ0n) is 16.1. The molecule has 0 saturated carbocycles.